The van der Waals surface area contributed by atoms with Gasteiger partial charge in [-0.05, 0) is 19.9 Å². The van der Waals surface area contributed by atoms with Crippen LogP contribution in [-0.2, 0) is 22.8 Å². The summed E-state index contributed by atoms with van der Waals surface area (Å²) in [4.78, 5) is 11.9. The van der Waals surface area contributed by atoms with Gasteiger partial charge in [0.15, 0.2) is 0 Å². The zero-order valence-corrected chi connectivity index (χ0v) is 13.7. The highest BCUT2D eigenvalue weighted by atomic mass is 19.4. The maximum atomic E-state index is 12.0. The number of aryl methyl sites for hydroxylation is 1. The van der Waals surface area contributed by atoms with Gasteiger partial charge in [0.25, 0.3) is 0 Å². The Balaban J connectivity index is 1.86. The third kappa shape index (κ3) is 5.75. The van der Waals surface area contributed by atoms with Crippen molar-refractivity contribution in [1.82, 2.24) is 19.6 Å². The van der Waals surface area contributed by atoms with Crippen molar-refractivity contribution in [2.75, 3.05) is 11.9 Å². The largest absolute Gasteiger partial charge is 0.411 e. The number of anilines is 1. The van der Waals surface area contributed by atoms with Crippen LogP contribution >= 0.6 is 0 Å². The molecule has 0 spiro atoms. The number of aromatic nitrogens is 4. The number of nitrogens with zero attached hydrogens (tertiary/aromatic N) is 4. The topological polar surface area (TPSA) is 74.0 Å². The summed E-state index contributed by atoms with van der Waals surface area (Å²) < 4.78 is 43.4. The number of hydrogen-bond donors (Lipinski definition) is 1. The molecule has 0 fully saturated rings. The van der Waals surface area contributed by atoms with Crippen LogP contribution in [0.5, 0.6) is 0 Å². The first-order valence-electron chi connectivity index (χ1n) is 7.47. The summed E-state index contributed by atoms with van der Waals surface area (Å²) in [6.07, 6.45) is 2.96. The highest BCUT2D eigenvalue weighted by Gasteiger charge is 2.27. The molecular weight excluding hydrogens is 339 g/mol. The number of carbonyl (C=O) groups is 1. The zero-order chi connectivity index (χ0) is 18.4. The fourth-order valence-corrected chi connectivity index (χ4v) is 2.05. The van der Waals surface area contributed by atoms with Crippen LogP contribution in [0.25, 0.3) is 6.08 Å². The van der Waals surface area contributed by atoms with E-state index < -0.39 is 12.8 Å². The van der Waals surface area contributed by atoms with E-state index in [2.05, 4.69) is 20.3 Å². The third-order valence-corrected chi connectivity index (χ3v) is 3.25. The molecular formula is C15H18F3N5O2. The van der Waals surface area contributed by atoms with Crippen molar-refractivity contribution in [2.45, 2.75) is 33.3 Å². The molecule has 2 rings (SSSR count). The summed E-state index contributed by atoms with van der Waals surface area (Å²) in [5.41, 5.74) is 2.13. The lowest BCUT2D eigenvalue weighted by molar-refractivity contribution is -0.182. The Hall–Kier alpha value is -2.62. The lowest BCUT2D eigenvalue weighted by Crippen LogP contribution is -2.18. The third-order valence-electron chi connectivity index (χ3n) is 3.25. The molecule has 0 aliphatic rings. The van der Waals surface area contributed by atoms with Gasteiger partial charge >= 0.3 is 6.18 Å². The minimum absolute atomic E-state index is 0.353. The minimum atomic E-state index is -4.39. The van der Waals surface area contributed by atoms with Gasteiger partial charge in [0.05, 0.1) is 24.3 Å². The zero-order valence-electron chi connectivity index (χ0n) is 13.7. The number of hydrogen-bond acceptors (Lipinski definition) is 4. The van der Waals surface area contributed by atoms with Gasteiger partial charge in [-0.2, -0.15) is 23.4 Å². The second-order valence-corrected chi connectivity index (χ2v) is 5.18. The van der Waals surface area contributed by atoms with Crippen LogP contribution in [-0.4, -0.2) is 38.3 Å². The molecule has 1 N–H and O–H groups in total. The Morgan fingerprint density at radius 2 is 2.12 bits per heavy atom. The Morgan fingerprint density at radius 1 is 1.36 bits per heavy atom. The van der Waals surface area contributed by atoms with Crippen molar-refractivity contribution in [1.29, 1.82) is 0 Å². The standard InChI is InChI=1S/C15H18F3N5O2/c1-3-23-11(2)12(6-20-23)4-5-14(24)21-13-7-19-22(8-13)10-25-9-15(16,17)18/h4-8H,3,9-10H2,1-2H3,(H,21,24)/b5-4+. The smallest absolute Gasteiger partial charge is 0.350 e. The molecule has 1 amide bonds. The molecule has 2 heterocycles. The average molecular weight is 357 g/mol. The van der Waals surface area contributed by atoms with Crippen LogP contribution in [0.4, 0.5) is 18.9 Å². The summed E-state index contributed by atoms with van der Waals surface area (Å²) in [6.45, 7) is 2.89. The van der Waals surface area contributed by atoms with E-state index in [1.165, 1.54) is 18.5 Å². The van der Waals surface area contributed by atoms with Crippen molar-refractivity contribution in [3.63, 3.8) is 0 Å². The van der Waals surface area contributed by atoms with Gasteiger partial charge in [-0.1, -0.05) is 0 Å². The molecule has 2 aromatic heterocycles. The van der Waals surface area contributed by atoms with Crippen molar-refractivity contribution in [2.24, 2.45) is 0 Å². The number of carbonyl (C=O) groups excluding carboxylic acids is 1. The SMILES string of the molecule is CCn1ncc(/C=C/C(=O)Nc2cnn(COCC(F)(F)F)c2)c1C. The summed E-state index contributed by atoms with van der Waals surface area (Å²) >= 11 is 0. The van der Waals surface area contributed by atoms with E-state index in [4.69, 9.17) is 0 Å². The lowest BCUT2D eigenvalue weighted by atomic mass is 10.2. The molecule has 136 valence electrons. The van der Waals surface area contributed by atoms with Crippen LogP contribution in [0, 0.1) is 6.92 Å². The van der Waals surface area contributed by atoms with Crippen molar-refractivity contribution < 1.29 is 22.7 Å². The average Bonchev–Trinajstić information content (AvgIpc) is 3.10. The molecule has 0 radical (unpaired) electrons. The molecule has 7 nitrogen and oxygen atoms in total. The monoisotopic (exact) mass is 357 g/mol. The number of rotatable bonds is 7. The van der Waals surface area contributed by atoms with Crippen molar-refractivity contribution in [3.05, 3.63) is 35.9 Å². The molecule has 0 aliphatic heterocycles. The Kier molecular flexibility index (Phi) is 5.97. The van der Waals surface area contributed by atoms with Gasteiger partial charge in [-0.25, -0.2) is 4.68 Å². The van der Waals surface area contributed by atoms with E-state index in [9.17, 15) is 18.0 Å². The van der Waals surface area contributed by atoms with Crippen molar-refractivity contribution in [3.8, 4) is 0 Å². The van der Waals surface area contributed by atoms with Crippen LogP contribution < -0.4 is 5.32 Å². The lowest BCUT2D eigenvalue weighted by Gasteiger charge is -2.07. The van der Waals surface area contributed by atoms with Gasteiger partial charge in [0, 0.05) is 23.9 Å². The minimum Gasteiger partial charge on any atom is -0.350 e. The van der Waals surface area contributed by atoms with E-state index in [0.717, 1.165) is 22.5 Å². The van der Waals surface area contributed by atoms with E-state index >= 15 is 0 Å². The van der Waals surface area contributed by atoms with Gasteiger partial charge in [0.1, 0.15) is 13.3 Å². The first-order chi connectivity index (χ1) is 11.8. The maximum Gasteiger partial charge on any atom is 0.411 e. The van der Waals surface area contributed by atoms with Gasteiger partial charge in [-0.3, -0.25) is 9.48 Å². The van der Waals surface area contributed by atoms with Crippen molar-refractivity contribution >= 4 is 17.7 Å². The summed E-state index contributed by atoms with van der Waals surface area (Å²) in [5, 5.41) is 10.5. The number of alkyl halides is 3. The molecule has 0 saturated carbocycles. The van der Waals surface area contributed by atoms with Crippen LogP contribution in [0.2, 0.25) is 0 Å². The summed E-state index contributed by atoms with van der Waals surface area (Å²) in [7, 11) is 0. The second-order valence-electron chi connectivity index (χ2n) is 5.18. The molecule has 2 aromatic rings. The van der Waals surface area contributed by atoms with E-state index in [1.807, 2.05) is 18.5 Å². The fraction of sp³-hybridized carbons (Fsp3) is 0.400. The summed E-state index contributed by atoms with van der Waals surface area (Å²) in [6, 6.07) is 0. The van der Waals surface area contributed by atoms with Crippen LogP contribution in [0.15, 0.2) is 24.7 Å². The number of amides is 1. The molecule has 10 heteroatoms. The fourth-order valence-electron chi connectivity index (χ4n) is 2.05. The van der Waals surface area contributed by atoms with E-state index in [1.54, 1.807) is 12.3 Å². The Labute approximate surface area is 142 Å². The maximum absolute atomic E-state index is 12.0. The van der Waals surface area contributed by atoms with Crippen LogP contribution in [0.3, 0.4) is 0 Å². The first-order valence-corrected chi connectivity index (χ1v) is 7.47. The molecule has 0 aromatic carbocycles. The molecule has 0 saturated heterocycles. The molecule has 0 aliphatic carbocycles. The van der Waals surface area contributed by atoms with E-state index in [0.29, 0.717) is 5.69 Å². The number of nitrogens with one attached hydrogen (secondary N) is 1. The predicted octanol–water partition coefficient (Wildman–Crippen LogP) is 2.60. The van der Waals surface area contributed by atoms with Crippen LogP contribution in [0.1, 0.15) is 18.2 Å². The quantitative estimate of drug-likeness (QED) is 0.773. The van der Waals surface area contributed by atoms with Gasteiger partial charge in [0.2, 0.25) is 5.91 Å². The molecule has 0 bridgehead atoms. The van der Waals surface area contributed by atoms with Gasteiger partial charge < -0.3 is 10.1 Å². The second kappa shape index (κ2) is 7.97. The highest BCUT2D eigenvalue weighted by Crippen LogP contribution is 2.15. The molecule has 0 atom stereocenters. The van der Waals surface area contributed by atoms with Gasteiger partial charge in [-0.15, -0.1) is 0 Å². The normalized spacial score (nSPS) is 12.0. The predicted molar refractivity (Wildman–Crippen MR) is 84.5 cm³/mol. The Bertz CT molecular complexity index is 749. The number of ether oxygens (including phenoxy) is 1. The van der Waals surface area contributed by atoms with E-state index in [-0.39, 0.29) is 12.6 Å². The first kappa shape index (κ1) is 18.7. The summed E-state index contributed by atoms with van der Waals surface area (Å²) in [5.74, 6) is -0.389. The molecule has 0 unspecified atom stereocenters. The number of halogens is 3. The highest BCUT2D eigenvalue weighted by molar-refractivity contribution is 6.01. The molecule has 25 heavy (non-hydrogen) atoms. The Morgan fingerprint density at radius 3 is 2.76 bits per heavy atom.